The van der Waals surface area contributed by atoms with Gasteiger partial charge in [0.25, 0.3) is 0 Å². The van der Waals surface area contributed by atoms with E-state index in [4.69, 9.17) is 0 Å². The van der Waals surface area contributed by atoms with Gasteiger partial charge in [-0.2, -0.15) is 0 Å². The maximum Gasteiger partial charge on any atom is 0.195 e. The van der Waals surface area contributed by atoms with Crippen molar-refractivity contribution in [2.24, 2.45) is 0 Å². The molecule has 0 amide bonds. The van der Waals surface area contributed by atoms with E-state index in [1.54, 1.807) is 18.5 Å². The molecule has 3 heteroatoms. The predicted octanol–water partition coefficient (Wildman–Crippen LogP) is 1.03. The Bertz CT molecular complexity index is 201. The molecule has 1 rings (SSSR count). The van der Waals surface area contributed by atoms with Crippen LogP contribution < -0.4 is 0 Å². The van der Waals surface area contributed by atoms with Crippen LogP contribution in [0, 0.1) is 0 Å². The Morgan fingerprint density at radius 1 is 1.73 bits per heavy atom. The summed E-state index contributed by atoms with van der Waals surface area (Å²) in [6.45, 7) is 0. The van der Waals surface area contributed by atoms with E-state index in [-0.39, 0.29) is 0 Å². The molecule has 0 N–H and O–H groups in total. The van der Waals surface area contributed by atoms with E-state index in [0.29, 0.717) is 6.42 Å². The molecule has 0 aromatic carbocycles. The molecule has 0 spiro atoms. The lowest BCUT2D eigenvalue weighted by Crippen LogP contribution is -2.10. The monoisotopic (exact) mass is 152 g/mol. The number of methoxy groups -OCH3 is 1. The first-order valence-electron chi connectivity index (χ1n) is 3.40. The average Bonchev–Trinajstić information content (AvgIpc) is 2.06. The van der Waals surface area contributed by atoms with Gasteiger partial charge in [0.15, 0.2) is 6.29 Å². The summed E-state index contributed by atoms with van der Waals surface area (Å²) < 4.78 is 4.57. The van der Waals surface area contributed by atoms with Crippen LogP contribution in [0.25, 0.3) is 0 Å². The third kappa shape index (κ3) is 2.65. The molecule has 0 saturated heterocycles. The van der Waals surface area contributed by atoms with E-state index in [0.717, 1.165) is 5.56 Å². The number of hydrogen-bond donors (Lipinski definition) is 0. The van der Waals surface area contributed by atoms with Gasteiger partial charge in [0.2, 0.25) is 0 Å². The molecule has 1 atom stereocenters. The second-order valence-electron chi connectivity index (χ2n) is 2.23. The molecular weight excluding hydrogens is 142 g/mol. The fourth-order valence-electron chi connectivity index (χ4n) is 0.795. The zero-order chi connectivity index (χ0) is 8.10. The summed E-state index contributed by atoms with van der Waals surface area (Å²) in [4.78, 5) is 3.88. The van der Waals surface area contributed by atoms with Crippen LogP contribution in [-0.4, -0.2) is 18.4 Å². The Balaban J connectivity index is 2.51. The van der Waals surface area contributed by atoms with E-state index in [9.17, 15) is 5.11 Å². The van der Waals surface area contributed by atoms with Gasteiger partial charge in [-0.15, -0.1) is 0 Å². The van der Waals surface area contributed by atoms with Crippen LogP contribution in [0.15, 0.2) is 24.5 Å². The van der Waals surface area contributed by atoms with Crippen molar-refractivity contribution >= 4 is 0 Å². The number of rotatable bonds is 3. The molecule has 0 bridgehead atoms. The fraction of sp³-hybridized carbons (Fsp3) is 0.375. The van der Waals surface area contributed by atoms with Crippen LogP contribution >= 0.6 is 0 Å². The second-order valence-corrected chi connectivity index (χ2v) is 2.23. The minimum absolute atomic E-state index is 0.379. The fourth-order valence-corrected chi connectivity index (χ4v) is 0.795. The van der Waals surface area contributed by atoms with Crippen LogP contribution in [0.5, 0.6) is 0 Å². The summed E-state index contributed by atoms with van der Waals surface area (Å²) in [7, 11) is 1.41. The van der Waals surface area contributed by atoms with Crippen LogP contribution in [0.3, 0.4) is 0 Å². The standard InChI is InChI=1S/C8H10NO2/c1-11-8(10)5-7-3-2-4-9-6-7/h2-4,6,8H,5H2,1H3. The van der Waals surface area contributed by atoms with Gasteiger partial charge in [-0.05, 0) is 11.6 Å². The summed E-state index contributed by atoms with van der Waals surface area (Å²) in [6.07, 6.45) is 2.75. The topological polar surface area (TPSA) is 42.0 Å². The Kier molecular flexibility index (Phi) is 3.01. The van der Waals surface area contributed by atoms with Crippen LogP contribution in [-0.2, 0) is 16.3 Å². The molecule has 59 valence electrons. The van der Waals surface area contributed by atoms with Crippen molar-refractivity contribution in [3.63, 3.8) is 0 Å². The number of pyridine rings is 1. The van der Waals surface area contributed by atoms with E-state index in [1.165, 1.54) is 7.11 Å². The lowest BCUT2D eigenvalue weighted by Gasteiger charge is -2.04. The number of aromatic nitrogens is 1. The van der Waals surface area contributed by atoms with Gasteiger partial charge in [-0.3, -0.25) is 4.98 Å². The summed E-state index contributed by atoms with van der Waals surface area (Å²) in [5, 5.41) is 10.8. The molecule has 0 aliphatic heterocycles. The third-order valence-corrected chi connectivity index (χ3v) is 1.39. The van der Waals surface area contributed by atoms with E-state index in [2.05, 4.69) is 9.72 Å². The maximum absolute atomic E-state index is 10.8. The lowest BCUT2D eigenvalue weighted by atomic mass is 10.2. The molecular formula is C8H10NO2. The zero-order valence-corrected chi connectivity index (χ0v) is 6.36. The van der Waals surface area contributed by atoms with Crippen LogP contribution in [0.4, 0.5) is 0 Å². The normalized spacial score (nSPS) is 12.9. The highest BCUT2D eigenvalue weighted by Crippen LogP contribution is 2.01. The lowest BCUT2D eigenvalue weighted by molar-refractivity contribution is -0.117. The molecule has 0 fully saturated rings. The summed E-state index contributed by atoms with van der Waals surface area (Å²) in [6, 6.07) is 3.66. The Hall–Kier alpha value is -0.930. The van der Waals surface area contributed by atoms with Crippen molar-refractivity contribution < 1.29 is 9.84 Å². The van der Waals surface area contributed by atoms with Crippen molar-refractivity contribution in [3.05, 3.63) is 30.1 Å². The number of nitrogens with zero attached hydrogens (tertiary/aromatic N) is 1. The number of ether oxygens (including phenoxy) is 1. The first-order chi connectivity index (χ1) is 5.33. The Morgan fingerprint density at radius 3 is 3.09 bits per heavy atom. The van der Waals surface area contributed by atoms with Crippen molar-refractivity contribution in [1.29, 1.82) is 0 Å². The first-order valence-corrected chi connectivity index (χ1v) is 3.40. The summed E-state index contributed by atoms with van der Waals surface area (Å²) in [5.41, 5.74) is 0.911. The largest absolute Gasteiger partial charge is 0.353 e. The molecule has 3 nitrogen and oxygen atoms in total. The maximum atomic E-state index is 10.8. The predicted molar refractivity (Wildman–Crippen MR) is 39.4 cm³/mol. The average molecular weight is 152 g/mol. The van der Waals surface area contributed by atoms with Gasteiger partial charge in [0.1, 0.15) is 0 Å². The molecule has 0 aliphatic rings. The van der Waals surface area contributed by atoms with Gasteiger partial charge in [0.05, 0.1) is 0 Å². The van der Waals surface area contributed by atoms with Crippen molar-refractivity contribution in [2.75, 3.05) is 7.11 Å². The Morgan fingerprint density at radius 2 is 2.55 bits per heavy atom. The van der Waals surface area contributed by atoms with Crippen molar-refractivity contribution in [1.82, 2.24) is 4.98 Å². The highest BCUT2D eigenvalue weighted by atomic mass is 16.6. The smallest absolute Gasteiger partial charge is 0.195 e. The SMILES string of the molecule is COC([O])Cc1cccnc1. The second kappa shape index (κ2) is 4.05. The molecule has 11 heavy (non-hydrogen) atoms. The van der Waals surface area contributed by atoms with E-state index < -0.39 is 6.29 Å². The quantitative estimate of drug-likeness (QED) is 0.607. The molecule has 0 aliphatic carbocycles. The van der Waals surface area contributed by atoms with E-state index >= 15 is 0 Å². The van der Waals surface area contributed by atoms with Gasteiger partial charge in [0, 0.05) is 25.9 Å². The summed E-state index contributed by atoms with van der Waals surface area (Å²) in [5.74, 6) is 0. The highest BCUT2D eigenvalue weighted by Gasteiger charge is 2.03. The molecule has 1 aromatic heterocycles. The summed E-state index contributed by atoms with van der Waals surface area (Å²) >= 11 is 0. The van der Waals surface area contributed by atoms with Gasteiger partial charge >= 0.3 is 0 Å². The van der Waals surface area contributed by atoms with Crippen molar-refractivity contribution in [3.8, 4) is 0 Å². The first kappa shape index (κ1) is 8.17. The van der Waals surface area contributed by atoms with Gasteiger partial charge < -0.3 is 4.74 Å². The molecule has 0 saturated carbocycles. The number of hydrogen-bond acceptors (Lipinski definition) is 2. The van der Waals surface area contributed by atoms with Crippen LogP contribution in [0.1, 0.15) is 5.56 Å². The van der Waals surface area contributed by atoms with Gasteiger partial charge in [-0.1, -0.05) is 6.07 Å². The molecule has 1 heterocycles. The minimum Gasteiger partial charge on any atom is -0.353 e. The Labute approximate surface area is 65.7 Å². The zero-order valence-electron chi connectivity index (χ0n) is 6.36. The van der Waals surface area contributed by atoms with E-state index in [1.807, 2.05) is 6.07 Å². The molecule has 1 aromatic rings. The minimum atomic E-state index is -0.973. The molecule has 1 radical (unpaired) electrons. The third-order valence-electron chi connectivity index (χ3n) is 1.39. The van der Waals surface area contributed by atoms with Crippen LogP contribution in [0.2, 0.25) is 0 Å². The molecule has 1 unspecified atom stereocenters. The van der Waals surface area contributed by atoms with Gasteiger partial charge in [-0.25, -0.2) is 5.11 Å². The highest BCUT2D eigenvalue weighted by molar-refractivity contribution is 5.08. The van der Waals surface area contributed by atoms with Crippen molar-refractivity contribution in [2.45, 2.75) is 12.7 Å².